The van der Waals surface area contributed by atoms with Gasteiger partial charge in [0.1, 0.15) is 0 Å². The number of rotatable bonds is 5. The summed E-state index contributed by atoms with van der Waals surface area (Å²) in [5, 5.41) is 1.17. The highest BCUT2D eigenvalue weighted by Gasteiger charge is 2.11. The van der Waals surface area contributed by atoms with E-state index in [9.17, 15) is 0 Å². The molecule has 0 saturated heterocycles. The Morgan fingerprint density at radius 3 is 2.79 bits per heavy atom. The van der Waals surface area contributed by atoms with Crippen molar-refractivity contribution in [2.75, 3.05) is 7.05 Å². The Morgan fingerprint density at radius 1 is 1.32 bits per heavy atom. The van der Waals surface area contributed by atoms with Gasteiger partial charge in [0.05, 0.1) is 16.2 Å². The number of hydrogen-bond acceptors (Lipinski definition) is 3. The number of para-hydroxylation sites is 1. The highest BCUT2D eigenvalue weighted by molar-refractivity contribution is 7.80. The fraction of sp³-hybridized carbons (Fsp3) is 0.333. The first kappa shape index (κ1) is 13.9. The van der Waals surface area contributed by atoms with Gasteiger partial charge in [-0.3, -0.25) is 9.88 Å². The van der Waals surface area contributed by atoms with Crippen LogP contribution in [0.25, 0.3) is 10.9 Å². The van der Waals surface area contributed by atoms with E-state index in [2.05, 4.69) is 42.1 Å². The summed E-state index contributed by atoms with van der Waals surface area (Å²) in [4.78, 5) is 7.45. The molecular formula is C15H19N3S. The van der Waals surface area contributed by atoms with Gasteiger partial charge < -0.3 is 5.73 Å². The van der Waals surface area contributed by atoms with E-state index in [1.807, 2.05) is 18.2 Å². The van der Waals surface area contributed by atoms with E-state index < -0.39 is 0 Å². The van der Waals surface area contributed by atoms with Crippen LogP contribution in [0.5, 0.6) is 0 Å². The van der Waals surface area contributed by atoms with Gasteiger partial charge in [-0.1, -0.05) is 36.5 Å². The lowest BCUT2D eigenvalue weighted by molar-refractivity contribution is 0.252. The quantitative estimate of drug-likeness (QED) is 0.851. The molecule has 0 spiro atoms. The Bertz CT molecular complexity index is 582. The first-order valence-corrected chi connectivity index (χ1v) is 6.80. The van der Waals surface area contributed by atoms with Crippen molar-refractivity contribution in [1.29, 1.82) is 0 Å². The molecule has 0 amide bonds. The molecule has 0 aliphatic carbocycles. The molecule has 2 aromatic rings. The zero-order valence-electron chi connectivity index (χ0n) is 11.3. The van der Waals surface area contributed by atoms with Crippen LogP contribution in [-0.2, 0) is 6.54 Å². The lowest BCUT2D eigenvalue weighted by Gasteiger charge is -2.23. The van der Waals surface area contributed by atoms with Crippen molar-refractivity contribution >= 4 is 28.1 Å². The zero-order chi connectivity index (χ0) is 13.8. The molecule has 0 bridgehead atoms. The molecular weight excluding hydrogens is 254 g/mol. The first-order valence-electron chi connectivity index (χ1n) is 6.39. The molecule has 2 N–H and O–H groups in total. The van der Waals surface area contributed by atoms with Crippen molar-refractivity contribution in [2.45, 2.75) is 25.9 Å². The molecule has 19 heavy (non-hydrogen) atoms. The fourth-order valence-corrected chi connectivity index (χ4v) is 2.30. The standard InChI is InChI=1S/C15H19N3S/c1-11(9-15(16)19)18(2)10-13-8-7-12-5-3-4-6-14(12)17-13/h3-8,11H,9-10H2,1-2H3,(H2,16,19). The summed E-state index contributed by atoms with van der Waals surface area (Å²) in [7, 11) is 2.07. The summed E-state index contributed by atoms with van der Waals surface area (Å²) < 4.78 is 0. The molecule has 0 aliphatic heterocycles. The van der Waals surface area contributed by atoms with Gasteiger partial charge in [0, 0.05) is 24.4 Å². The Kier molecular flexibility index (Phi) is 4.45. The van der Waals surface area contributed by atoms with Gasteiger partial charge in [-0.15, -0.1) is 0 Å². The summed E-state index contributed by atoms with van der Waals surface area (Å²) in [5.74, 6) is 0. The van der Waals surface area contributed by atoms with E-state index in [-0.39, 0.29) is 0 Å². The summed E-state index contributed by atoms with van der Waals surface area (Å²) in [6.45, 7) is 2.93. The van der Waals surface area contributed by atoms with Crippen LogP contribution >= 0.6 is 12.2 Å². The molecule has 4 heteroatoms. The molecule has 2 rings (SSSR count). The maximum Gasteiger partial charge on any atom is 0.0742 e. The van der Waals surface area contributed by atoms with Crippen LogP contribution in [0.3, 0.4) is 0 Å². The third kappa shape index (κ3) is 3.72. The molecule has 1 heterocycles. The van der Waals surface area contributed by atoms with Gasteiger partial charge in [-0.25, -0.2) is 0 Å². The number of nitrogens with two attached hydrogens (primary N) is 1. The topological polar surface area (TPSA) is 42.1 Å². The van der Waals surface area contributed by atoms with Crippen LogP contribution < -0.4 is 5.73 Å². The largest absolute Gasteiger partial charge is 0.393 e. The minimum atomic E-state index is 0.325. The van der Waals surface area contributed by atoms with E-state index in [0.717, 1.165) is 24.2 Å². The highest BCUT2D eigenvalue weighted by atomic mass is 32.1. The predicted molar refractivity (Wildman–Crippen MR) is 84.1 cm³/mol. The average Bonchev–Trinajstić information content (AvgIpc) is 2.37. The SMILES string of the molecule is CC(CC(N)=S)N(C)Cc1ccc2ccccc2n1. The van der Waals surface area contributed by atoms with Crippen molar-refractivity contribution in [1.82, 2.24) is 9.88 Å². The Morgan fingerprint density at radius 2 is 2.05 bits per heavy atom. The maximum absolute atomic E-state index is 5.59. The molecule has 100 valence electrons. The van der Waals surface area contributed by atoms with Crippen molar-refractivity contribution < 1.29 is 0 Å². The predicted octanol–water partition coefficient (Wildman–Crippen LogP) is 2.73. The summed E-state index contributed by atoms with van der Waals surface area (Å²) in [6.07, 6.45) is 0.736. The third-order valence-electron chi connectivity index (χ3n) is 3.32. The second kappa shape index (κ2) is 6.08. The van der Waals surface area contributed by atoms with Crippen LogP contribution in [0.1, 0.15) is 19.0 Å². The summed E-state index contributed by atoms with van der Waals surface area (Å²) in [5.41, 5.74) is 7.69. The number of fused-ring (bicyclic) bond motifs is 1. The van der Waals surface area contributed by atoms with Crippen molar-refractivity contribution in [3.63, 3.8) is 0 Å². The molecule has 0 aliphatic rings. The molecule has 0 fully saturated rings. The molecule has 3 nitrogen and oxygen atoms in total. The lowest BCUT2D eigenvalue weighted by atomic mass is 10.1. The highest BCUT2D eigenvalue weighted by Crippen LogP contribution is 2.14. The third-order valence-corrected chi connectivity index (χ3v) is 3.48. The number of aromatic nitrogens is 1. The number of thiocarbonyl (C=S) groups is 1. The number of pyridine rings is 1. The Labute approximate surface area is 119 Å². The fourth-order valence-electron chi connectivity index (χ4n) is 2.05. The Balaban J connectivity index is 2.10. The lowest BCUT2D eigenvalue weighted by Crippen LogP contribution is -2.32. The second-order valence-electron chi connectivity index (χ2n) is 4.93. The van der Waals surface area contributed by atoms with Gasteiger partial charge in [0.15, 0.2) is 0 Å². The molecule has 0 radical (unpaired) electrons. The number of hydrogen-bond donors (Lipinski definition) is 1. The van der Waals surface area contributed by atoms with Crippen molar-refractivity contribution in [3.8, 4) is 0 Å². The smallest absolute Gasteiger partial charge is 0.0742 e. The van der Waals surface area contributed by atoms with Crippen LogP contribution in [0.2, 0.25) is 0 Å². The second-order valence-corrected chi connectivity index (χ2v) is 5.45. The van der Waals surface area contributed by atoms with Crippen molar-refractivity contribution in [2.24, 2.45) is 5.73 Å². The minimum Gasteiger partial charge on any atom is -0.393 e. The van der Waals surface area contributed by atoms with E-state index in [1.165, 1.54) is 5.39 Å². The van der Waals surface area contributed by atoms with Gasteiger partial charge in [0.25, 0.3) is 0 Å². The molecule has 1 atom stereocenters. The molecule has 1 aromatic carbocycles. The van der Waals surface area contributed by atoms with Gasteiger partial charge in [-0.05, 0) is 26.1 Å². The van der Waals surface area contributed by atoms with E-state index >= 15 is 0 Å². The van der Waals surface area contributed by atoms with Crippen LogP contribution in [-0.4, -0.2) is 28.0 Å². The normalized spacial score (nSPS) is 12.8. The minimum absolute atomic E-state index is 0.325. The molecule has 1 unspecified atom stereocenters. The zero-order valence-corrected chi connectivity index (χ0v) is 12.2. The Hall–Kier alpha value is -1.52. The van der Waals surface area contributed by atoms with E-state index in [0.29, 0.717) is 11.0 Å². The summed E-state index contributed by atoms with van der Waals surface area (Å²) in [6, 6.07) is 12.7. The van der Waals surface area contributed by atoms with Gasteiger partial charge in [-0.2, -0.15) is 0 Å². The summed E-state index contributed by atoms with van der Waals surface area (Å²) >= 11 is 4.95. The maximum atomic E-state index is 5.59. The number of nitrogens with zero attached hydrogens (tertiary/aromatic N) is 2. The van der Waals surface area contributed by atoms with Gasteiger partial charge >= 0.3 is 0 Å². The van der Waals surface area contributed by atoms with E-state index in [4.69, 9.17) is 18.0 Å². The average molecular weight is 273 g/mol. The monoisotopic (exact) mass is 273 g/mol. The molecule has 1 aromatic heterocycles. The van der Waals surface area contributed by atoms with Crippen LogP contribution in [0, 0.1) is 0 Å². The molecule has 0 saturated carbocycles. The van der Waals surface area contributed by atoms with Gasteiger partial charge in [0.2, 0.25) is 0 Å². The number of benzene rings is 1. The van der Waals surface area contributed by atoms with Crippen molar-refractivity contribution in [3.05, 3.63) is 42.1 Å². The van der Waals surface area contributed by atoms with Crippen LogP contribution in [0.15, 0.2) is 36.4 Å². The van der Waals surface area contributed by atoms with E-state index in [1.54, 1.807) is 0 Å². The first-order chi connectivity index (χ1) is 9.06. The van der Waals surface area contributed by atoms with Crippen LogP contribution in [0.4, 0.5) is 0 Å².